The molecule has 0 radical (unpaired) electrons. The van der Waals surface area contributed by atoms with Gasteiger partial charge in [0.1, 0.15) is 0 Å². The summed E-state index contributed by atoms with van der Waals surface area (Å²) in [6, 6.07) is 13.7. The number of nitrogens with zero attached hydrogens (tertiary/aromatic N) is 4. The first-order valence-corrected chi connectivity index (χ1v) is 15.2. The lowest BCUT2D eigenvalue weighted by Gasteiger charge is -2.13. The molecule has 0 saturated carbocycles. The molecule has 0 saturated heterocycles. The molecule has 0 aliphatic rings. The molecule has 0 spiro atoms. The van der Waals surface area contributed by atoms with E-state index in [0.29, 0.717) is 11.1 Å². The third-order valence-electron chi connectivity index (χ3n) is 7.89. The van der Waals surface area contributed by atoms with Crippen molar-refractivity contribution in [2.24, 2.45) is 0 Å². The van der Waals surface area contributed by atoms with Crippen LogP contribution in [0.25, 0.3) is 83.9 Å². The second-order valence-electron chi connectivity index (χ2n) is 10.8. The van der Waals surface area contributed by atoms with E-state index in [9.17, 15) is 8.22 Å². The molecule has 4 heteroatoms. The van der Waals surface area contributed by atoms with Crippen molar-refractivity contribution in [2.45, 2.75) is 0 Å². The fraction of sp³-hybridized carbons (Fsp3) is 0. The monoisotopic (exact) mass is 642 g/mol. The number of rotatable bonds is 6. The number of hydrogen-bond acceptors (Lipinski definition) is 3. The summed E-state index contributed by atoms with van der Waals surface area (Å²) in [6.07, 6.45) is 0. The van der Waals surface area contributed by atoms with Gasteiger partial charge < -0.3 is 4.57 Å². The molecule has 2 heterocycles. The molecule has 0 unspecified atom stereocenters. The van der Waals surface area contributed by atoms with Gasteiger partial charge in [0, 0.05) is 33.2 Å². The molecule has 9 rings (SSSR count). The maximum absolute atomic E-state index is 9.49. The molecule has 0 aliphatic carbocycles. The molecule has 4 nitrogen and oxygen atoms in total. The van der Waals surface area contributed by atoms with Crippen LogP contribution in [0.4, 0.5) is 0 Å². The van der Waals surface area contributed by atoms with Crippen molar-refractivity contribution in [3.63, 3.8) is 0 Å². The van der Waals surface area contributed by atoms with Gasteiger partial charge in [-0.2, -0.15) is 0 Å². The van der Waals surface area contributed by atoms with Crippen LogP contribution in [0.1, 0.15) is 21.9 Å². The first-order chi connectivity index (χ1) is 31.0. The maximum atomic E-state index is 9.49. The molecule has 0 amide bonds. The zero-order valence-corrected chi connectivity index (χ0v) is 25.4. The molecule has 0 bridgehead atoms. The van der Waals surface area contributed by atoms with Crippen LogP contribution in [0.15, 0.2) is 182 Å². The minimum absolute atomic E-state index is 0.160. The zero-order chi connectivity index (χ0) is 46.5. The lowest BCUT2D eigenvalue weighted by atomic mass is 9.99. The SMILES string of the molecule is [2H]c1c([2H])c([2H])c(-c2c([2H])c([2H])c3c(c2[2H])c2c([2H])c([2H])c([2H])c([2H])c2n3-c2c([2H])c([2H])c(-c3nc(-c4ccccc4)nc(-c4ccccc4-c4ccccc4)n3)c([2H])c2[2H])c([2H])c1[2H]. The van der Waals surface area contributed by atoms with Gasteiger partial charge >= 0.3 is 0 Å². The molecule has 230 valence electrons. The Hall–Kier alpha value is -6.65. The molecule has 2 aromatic heterocycles. The molecule has 0 fully saturated rings. The fourth-order valence-electron chi connectivity index (χ4n) is 5.64. The van der Waals surface area contributed by atoms with Crippen LogP contribution < -0.4 is 0 Å². The van der Waals surface area contributed by atoms with E-state index >= 15 is 0 Å². The van der Waals surface area contributed by atoms with Crippen molar-refractivity contribution in [1.29, 1.82) is 0 Å². The Morgan fingerprint density at radius 3 is 1.71 bits per heavy atom. The van der Waals surface area contributed by atoms with Crippen LogP contribution in [0.3, 0.4) is 0 Å². The number of aromatic nitrogens is 4. The first-order valence-electron chi connectivity index (χ1n) is 23.2. The molecule has 49 heavy (non-hydrogen) atoms. The third-order valence-corrected chi connectivity index (χ3v) is 7.89. The molecule has 7 aromatic carbocycles. The van der Waals surface area contributed by atoms with Gasteiger partial charge in [0.25, 0.3) is 0 Å². The van der Waals surface area contributed by atoms with Gasteiger partial charge in [-0.25, -0.2) is 15.0 Å². The van der Waals surface area contributed by atoms with E-state index < -0.39 is 135 Å². The number of para-hydroxylation sites is 1. The Kier molecular flexibility index (Phi) is 4.09. The van der Waals surface area contributed by atoms with Crippen molar-refractivity contribution in [3.05, 3.63) is 182 Å². The molecule has 0 N–H and O–H groups in total. The summed E-state index contributed by atoms with van der Waals surface area (Å²) < 4.78 is 144. The number of benzene rings is 7. The summed E-state index contributed by atoms with van der Waals surface area (Å²) in [7, 11) is 0. The van der Waals surface area contributed by atoms with Crippen LogP contribution in [-0.2, 0) is 0 Å². The first kappa shape index (κ1) is 16.4. The summed E-state index contributed by atoms with van der Waals surface area (Å²) in [5, 5.41) is -0.812. The van der Waals surface area contributed by atoms with E-state index in [4.69, 9.17) is 23.7 Å². The van der Waals surface area contributed by atoms with E-state index in [-0.39, 0.29) is 23.0 Å². The topological polar surface area (TPSA) is 43.6 Å². The Morgan fingerprint density at radius 2 is 0.959 bits per heavy atom. The van der Waals surface area contributed by atoms with E-state index in [1.165, 1.54) is 0 Å². The normalized spacial score (nSPS) is 15.8. The van der Waals surface area contributed by atoms with Crippen LogP contribution >= 0.6 is 0 Å². The van der Waals surface area contributed by atoms with Gasteiger partial charge in [-0.3, -0.25) is 0 Å². The lowest BCUT2D eigenvalue weighted by molar-refractivity contribution is 1.07. The molecular formula is C45H30N4. The largest absolute Gasteiger partial charge is 0.309 e. The number of hydrogen-bond donors (Lipinski definition) is 0. The van der Waals surface area contributed by atoms with Gasteiger partial charge in [0.2, 0.25) is 0 Å². The number of fused-ring (bicyclic) bond motifs is 3. The van der Waals surface area contributed by atoms with E-state index in [2.05, 4.69) is 4.98 Å². The maximum Gasteiger partial charge on any atom is 0.164 e. The summed E-state index contributed by atoms with van der Waals surface area (Å²) in [5.74, 6) is 0.0932. The highest BCUT2D eigenvalue weighted by Crippen LogP contribution is 2.36. The second-order valence-corrected chi connectivity index (χ2v) is 10.8. The summed E-state index contributed by atoms with van der Waals surface area (Å²) in [4.78, 5) is 14.2. The van der Waals surface area contributed by atoms with Crippen molar-refractivity contribution in [1.82, 2.24) is 19.5 Å². The summed E-state index contributed by atoms with van der Waals surface area (Å²) >= 11 is 0. The summed E-state index contributed by atoms with van der Waals surface area (Å²) in [5.41, 5.74) is -0.292. The fourth-order valence-corrected chi connectivity index (χ4v) is 5.64. The average Bonchev–Trinajstić information content (AvgIpc) is 3.68. The average molecular weight is 643 g/mol. The minimum Gasteiger partial charge on any atom is -0.309 e. The van der Waals surface area contributed by atoms with Gasteiger partial charge in [-0.15, -0.1) is 0 Å². The highest BCUT2D eigenvalue weighted by atomic mass is 15.0. The Morgan fingerprint density at radius 1 is 0.388 bits per heavy atom. The van der Waals surface area contributed by atoms with Gasteiger partial charge in [-0.05, 0) is 64.6 Å². The van der Waals surface area contributed by atoms with Crippen LogP contribution in [0.5, 0.6) is 0 Å². The van der Waals surface area contributed by atoms with Crippen molar-refractivity contribution in [2.75, 3.05) is 0 Å². The zero-order valence-electron chi connectivity index (χ0n) is 41.4. The van der Waals surface area contributed by atoms with E-state index in [1.54, 1.807) is 42.5 Å². The standard InChI is InChI=1S/C45H30N4/c1-4-14-31(15-5-1)35-26-29-42-40(30-35)38-21-12-13-23-41(38)49(42)36-27-24-34(25-28-36)44-46-43(33-18-8-3-9-19-33)47-45(48-44)39-22-11-10-20-37(39)32-16-6-2-7-17-32/h1-30H/i1D,4D,5D,12D,13D,14D,15D,21D,23D,24D,25D,26D,27D,28D,29D,30D. The predicted octanol–water partition coefficient (Wildman–Crippen LogP) is 11.3. The van der Waals surface area contributed by atoms with Crippen molar-refractivity contribution in [3.8, 4) is 62.1 Å². The molecule has 0 aliphatic heterocycles. The van der Waals surface area contributed by atoms with Crippen LogP contribution in [0.2, 0.25) is 0 Å². The van der Waals surface area contributed by atoms with Crippen molar-refractivity contribution >= 4 is 21.8 Å². The van der Waals surface area contributed by atoms with Gasteiger partial charge in [0.05, 0.1) is 33.0 Å². The smallest absolute Gasteiger partial charge is 0.164 e. The Labute approximate surface area is 307 Å². The van der Waals surface area contributed by atoms with Crippen LogP contribution in [0, 0.1) is 0 Å². The Bertz CT molecular complexity index is 3450. The van der Waals surface area contributed by atoms with E-state index in [1.807, 2.05) is 42.5 Å². The van der Waals surface area contributed by atoms with Crippen LogP contribution in [-0.4, -0.2) is 19.5 Å². The quantitative estimate of drug-likeness (QED) is 0.181. The molecule has 0 atom stereocenters. The van der Waals surface area contributed by atoms with Crippen molar-refractivity contribution < 1.29 is 21.9 Å². The third kappa shape index (κ3) is 5.26. The molecular weight excluding hydrogens is 597 g/mol. The van der Waals surface area contributed by atoms with Gasteiger partial charge in [0.15, 0.2) is 17.5 Å². The Balaban J connectivity index is 1.38. The minimum atomic E-state index is -0.825. The summed E-state index contributed by atoms with van der Waals surface area (Å²) in [6.45, 7) is 0. The highest BCUT2D eigenvalue weighted by molar-refractivity contribution is 6.10. The van der Waals surface area contributed by atoms with Gasteiger partial charge in [-0.1, -0.05) is 139 Å². The lowest BCUT2D eigenvalue weighted by Crippen LogP contribution is -2.01. The second kappa shape index (κ2) is 12.2. The van der Waals surface area contributed by atoms with E-state index in [0.717, 1.165) is 15.7 Å². The molecule has 9 aromatic rings. The predicted molar refractivity (Wildman–Crippen MR) is 201 cm³/mol. The highest BCUT2D eigenvalue weighted by Gasteiger charge is 2.17.